The molecule has 2 aromatic heterocycles. The zero-order valence-corrected chi connectivity index (χ0v) is 17.5. The van der Waals surface area contributed by atoms with Crippen molar-refractivity contribution in [2.75, 3.05) is 19.6 Å². The monoisotopic (exact) mass is 462 g/mol. The highest BCUT2D eigenvalue weighted by atomic mass is 127. The van der Waals surface area contributed by atoms with Crippen molar-refractivity contribution in [1.29, 1.82) is 0 Å². The molecule has 0 saturated carbocycles. The molecule has 134 valence electrons. The number of aryl methyl sites for hydroxylation is 2. The lowest BCUT2D eigenvalue weighted by Gasteiger charge is -2.10. The summed E-state index contributed by atoms with van der Waals surface area (Å²) in [6.07, 6.45) is 10.6. The fourth-order valence-electron chi connectivity index (χ4n) is 2.12. The summed E-state index contributed by atoms with van der Waals surface area (Å²) in [4.78, 5) is 14.4. The number of rotatable bonds is 9. The summed E-state index contributed by atoms with van der Waals surface area (Å²) in [5, 5.41) is 7.84. The van der Waals surface area contributed by atoms with Crippen LogP contribution >= 0.6 is 35.3 Å². The Balaban J connectivity index is 0.00000288. The van der Waals surface area contributed by atoms with Gasteiger partial charge in [0.25, 0.3) is 0 Å². The number of aromatic nitrogens is 3. The highest BCUT2D eigenvalue weighted by molar-refractivity contribution is 14.0. The van der Waals surface area contributed by atoms with Gasteiger partial charge >= 0.3 is 0 Å². The highest BCUT2D eigenvalue weighted by Crippen LogP contribution is 2.13. The van der Waals surface area contributed by atoms with Gasteiger partial charge in [0.05, 0.1) is 11.3 Å². The number of imidazole rings is 1. The lowest BCUT2D eigenvalue weighted by Crippen LogP contribution is -2.38. The van der Waals surface area contributed by atoms with E-state index in [1.54, 1.807) is 17.5 Å². The molecule has 0 unspecified atom stereocenters. The van der Waals surface area contributed by atoms with Gasteiger partial charge in [-0.1, -0.05) is 6.92 Å². The normalized spacial score (nSPS) is 11.2. The van der Waals surface area contributed by atoms with Crippen LogP contribution in [-0.4, -0.2) is 40.1 Å². The van der Waals surface area contributed by atoms with E-state index in [4.69, 9.17) is 0 Å². The lowest BCUT2D eigenvalue weighted by molar-refractivity contribution is 0.647. The van der Waals surface area contributed by atoms with Gasteiger partial charge in [-0.2, -0.15) is 0 Å². The van der Waals surface area contributed by atoms with E-state index in [-0.39, 0.29) is 24.0 Å². The molecule has 0 aliphatic carbocycles. The van der Waals surface area contributed by atoms with Crippen LogP contribution < -0.4 is 10.6 Å². The van der Waals surface area contributed by atoms with E-state index in [0.29, 0.717) is 0 Å². The summed E-state index contributed by atoms with van der Waals surface area (Å²) in [7, 11) is 0. The first-order valence-corrected chi connectivity index (χ1v) is 9.05. The van der Waals surface area contributed by atoms with Crippen molar-refractivity contribution < 1.29 is 0 Å². The second-order valence-electron chi connectivity index (χ2n) is 5.17. The van der Waals surface area contributed by atoms with E-state index in [2.05, 4.69) is 44.0 Å². The third-order valence-electron chi connectivity index (χ3n) is 3.33. The Morgan fingerprint density at radius 3 is 2.88 bits per heavy atom. The number of halogens is 1. The number of thiazole rings is 1. The van der Waals surface area contributed by atoms with Gasteiger partial charge in [-0.05, 0) is 19.8 Å². The van der Waals surface area contributed by atoms with Crippen molar-refractivity contribution in [3.63, 3.8) is 0 Å². The van der Waals surface area contributed by atoms with Crippen LogP contribution in [0, 0.1) is 0 Å². The Labute approximate surface area is 165 Å². The van der Waals surface area contributed by atoms with Crippen LogP contribution in [0.5, 0.6) is 0 Å². The summed E-state index contributed by atoms with van der Waals surface area (Å²) >= 11 is 1.80. The second kappa shape index (κ2) is 12.2. The van der Waals surface area contributed by atoms with Crippen LogP contribution in [-0.2, 0) is 19.4 Å². The summed E-state index contributed by atoms with van der Waals surface area (Å²) in [5.74, 6) is 0.880. The first-order chi connectivity index (χ1) is 11.3. The predicted molar refractivity (Wildman–Crippen MR) is 111 cm³/mol. The van der Waals surface area contributed by atoms with Gasteiger partial charge in [0.1, 0.15) is 0 Å². The number of nitrogens with zero attached hydrogens (tertiary/aromatic N) is 4. The lowest BCUT2D eigenvalue weighted by atomic mass is 10.4. The molecule has 2 rings (SSSR count). The molecule has 24 heavy (non-hydrogen) atoms. The second-order valence-corrected chi connectivity index (χ2v) is 6.37. The topological polar surface area (TPSA) is 67.1 Å². The molecule has 0 atom stereocenters. The van der Waals surface area contributed by atoms with Gasteiger partial charge in [-0.3, -0.25) is 4.99 Å². The Bertz CT molecular complexity index is 581. The summed E-state index contributed by atoms with van der Waals surface area (Å²) in [5.41, 5.74) is 0. The van der Waals surface area contributed by atoms with Crippen LogP contribution in [0.25, 0.3) is 0 Å². The molecule has 6 nitrogen and oxygen atoms in total. The molecule has 0 bridgehead atoms. The van der Waals surface area contributed by atoms with Crippen molar-refractivity contribution in [1.82, 2.24) is 25.2 Å². The first kappa shape index (κ1) is 20.9. The van der Waals surface area contributed by atoms with Crippen molar-refractivity contribution in [2.45, 2.75) is 39.7 Å². The van der Waals surface area contributed by atoms with Crippen LogP contribution in [0.2, 0.25) is 0 Å². The molecule has 2 heterocycles. The van der Waals surface area contributed by atoms with Crippen molar-refractivity contribution >= 4 is 41.3 Å². The molecule has 0 fully saturated rings. The number of hydrogen-bond donors (Lipinski definition) is 2. The standard InChI is InChI=1S/C16H26N6S.HI/c1-3-14-12-21-15(23-14)6-8-20-16(18-4-2)19-7-5-10-22-11-9-17-13-22;/h9,11-13H,3-8,10H2,1-2H3,(H2,18,19,20);1H. The highest BCUT2D eigenvalue weighted by Gasteiger charge is 2.02. The summed E-state index contributed by atoms with van der Waals surface area (Å²) in [6.45, 7) is 7.70. The average molecular weight is 462 g/mol. The van der Waals surface area contributed by atoms with Crippen molar-refractivity contribution in [3.05, 3.63) is 34.8 Å². The van der Waals surface area contributed by atoms with Crippen LogP contribution in [0.1, 0.15) is 30.2 Å². The van der Waals surface area contributed by atoms with Gasteiger partial charge in [0.15, 0.2) is 5.96 Å². The molecule has 8 heteroatoms. The molecule has 0 amide bonds. The van der Waals surface area contributed by atoms with E-state index < -0.39 is 0 Å². The Kier molecular flexibility index (Phi) is 10.6. The molecule has 2 aromatic rings. The molecule has 0 spiro atoms. The van der Waals surface area contributed by atoms with Crippen molar-refractivity contribution in [3.8, 4) is 0 Å². The first-order valence-electron chi connectivity index (χ1n) is 8.23. The maximum atomic E-state index is 4.61. The Hall–Kier alpha value is -1.16. The third-order valence-corrected chi connectivity index (χ3v) is 4.53. The molecule has 0 radical (unpaired) electrons. The van der Waals surface area contributed by atoms with Crippen molar-refractivity contribution in [2.24, 2.45) is 4.99 Å². The molecule has 0 aromatic carbocycles. The Morgan fingerprint density at radius 1 is 1.33 bits per heavy atom. The molecular weight excluding hydrogens is 435 g/mol. The SMILES string of the molecule is CCNC(=NCCCn1ccnc1)NCCc1ncc(CC)s1.I. The smallest absolute Gasteiger partial charge is 0.191 e. The molecule has 0 aliphatic heterocycles. The van der Waals surface area contributed by atoms with E-state index in [1.165, 1.54) is 9.88 Å². The minimum atomic E-state index is 0. The van der Waals surface area contributed by atoms with E-state index in [1.807, 2.05) is 18.7 Å². The molecular formula is C16H27IN6S. The number of nitrogens with one attached hydrogen (secondary N) is 2. The van der Waals surface area contributed by atoms with Crippen LogP contribution in [0.4, 0.5) is 0 Å². The average Bonchev–Trinajstić information content (AvgIpc) is 3.23. The Morgan fingerprint density at radius 2 is 2.21 bits per heavy atom. The van der Waals surface area contributed by atoms with Crippen LogP contribution in [0.3, 0.4) is 0 Å². The third kappa shape index (κ3) is 7.61. The quantitative estimate of drug-likeness (QED) is 0.260. The molecule has 2 N–H and O–H groups in total. The maximum Gasteiger partial charge on any atom is 0.191 e. The van der Waals surface area contributed by atoms with E-state index in [9.17, 15) is 0 Å². The van der Waals surface area contributed by atoms with E-state index in [0.717, 1.165) is 51.4 Å². The van der Waals surface area contributed by atoms with Gasteiger partial charge in [-0.25, -0.2) is 9.97 Å². The zero-order valence-electron chi connectivity index (χ0n) is 14.4. The molecule has 0 aliphatic rings. The fourth-order valence-corrected chi connectivity index (χ4v) is 2.98. The largest absolute Gasteiger partial charge is 0.357 e. The van der Waals surface area contributed by atoms with Gasteiger partial charge < -0.3 is 15.2 Å². The minimum Gasteiger partial charge on any atom is -0.357 e. The molecule has 0 saturated heterocycles. The van der Waals surface area contributed by atoms with E-state index >= 15 is 0 Å². The predicted octanol–water partition coefficient (Wildman–Crippen LogP) is 2.71. The summed E-state index contributed by atoms with van der Waals surface area (Å²) in [6, 6.07) is 0. The van der Waals surface area contributed by atoms with Gasteiger partial charge in [-0.15, -0.1) is 35.3 Å². The summed E-state index contributed by atoms with van der Waals surface area (Å²) < 4.78 is 2.07. The van der Waals surface area contributed by atoms with Gasteiger partial charge in [0, 0.05) is 56.1 Å². The number of guanidine groups is 1. The number of hydrogen-bond acceptors (Lipinski definition) is 4. The zero-order chi connectivity index (χ0) is 16.3. The van der Waals surface area contributed by atoms with Gasteiger partial charge in [0.2, 0.25) is 0 Å². The number of aliphatic imine (C=N–C) groups is 1. The maximum absolute atomic E-state index is 4.61. The fraction of sp³-hybridized carbons (Fsp3) is 0.562. The van der Waals surface area contributed by atoms with Crippen LogP contribution in [0.15, 0.2) is 29.9 Å². The minimum absolute atomic E-state index is 0.